The minimum absolute atomic E-state index is 0.425. The van der Waals surface area contributed by atoms with Gasteiger partial charge < -0.3 is 15.3 Å². The first kappa shape index (κ1) is 11.9. The number of nitrogen functional groups attached to an aromatic ring is 1. The van der Waals surface area contributed by atoms with Crippen LogP contribution in [0, 0.1) is 6.92 Å². The van der Waals surface area contributed by atoms with E-state index >= 15 is 0 Å². The second kappa shape index (κ2) is 4.31. The first-order valence-electron chi connectivity index (χ1n) is 6.72. The first-order chi connectivity index (χ1) is 10.2. The van der Waals surface area contributed by atoms with Gasteiger partial charge in [0.25, 0.3) is 0 Å². The number of para-hydroxylation sites is 1. The summed E-state index contributed by atoms with van der Waals surface area (Å²) < 4.78 is 2.00. The number of rotatable bonds is 2. The summed E-state index contributed by atoms with van der Waals surface area (Å²) in [5.74, 6) is 1.08. The molecule has 0 spiro atoms. The molecule has 0 fully saturated rings. The number of aromatic nitrogens is 5. The zero-order valence-electron chi connectivity index (χ0n) is 11.5. The number of benzene rings is 1. The summed E-state index contributed by atoms with van der Waals surface area (Å²) in [7, 11) is 0. The van der Waals surface area contributed by atoms with Crippen molar-refractivity contribution in [3.63, 3.8) is 0 Å². The van der Waals surface area contributed by atoms with Crippen molar-refractivity contribution in [2.24, 2.45) is 0 Å². The zero-order chi connectivity index (χ0) is 14.4. The van der Waals surface area contributed by atoms with Crippen molar-refractivity contribution in [1.82, 2.24) is 24.5 Å². The lowest BCUT2D eigenvalue weighted by Crippen LogP contribution is -2.03. The summed E-state index contributed by atoms with van der Waals surface area (Å²) in [5.41, 5.74) is 9.65. The van der Waals surface area contributed by atoms with Gasteiger partial charge in [0, 0.05) is 6.20 Å². The summed E-state index contributed by atoms with van der Waals surface area (Å²) in [4.78, 5) is 16.2. The van der Waals surface area contributed by atoms with E-state index in [1.165, 1.54) is 10.9 Å². The van der Waals surface area contributed by atoms with E-state index in [9.17, 15) is 0 Å². The van der Waals surface area contributed by atoms with Crippen LogP contribution in [-0.4, -0.2) is 24.5 Å². The number of fused-ring (bicyclic) bond motifs is 2. The number of nitrogens with zero attached hydrogens (tertiary/aromatic N) is 4. The van der Waals surface area contributed by atoms with E-state index in [1.807, 2.05) is 17.7 Å². The monoisotopic (exact) mass is 278 g/mol. The van der Waals surface area contributed by atoms with Crippen LogP contribution in [0.5, 0.6) is 0 Å². The molecule has 3 N–H and O–H groups in total. The van der Waals surface area contributed by atoms with Crippen molar-refractivity contribution in [2.75, 3.05) is 5.73 Å². The fraction of sp³-hybridized carbons (Fsp3) is 0.133. The first-order valence-corrected chi connectivity index (χ1v) is 6.72. The molecule has 6 heteroatoms. The van der Waals surface area contributed by atoms with Gasteiger partial charge in [-0.3, -0.25) is 0 Å². The van der Waals surface area contributed by atoms with E-state index in [0.717, 1.165) is 11.2 Å². The van der Waals surface area contributed by atoms with E-state index in [0.29, 0.717) is 23.7 Å². The highest BCUT2D eigenvalue weighted by atomic mass is 15.1. The van der Waals surface area contributed by atoms with Gasteiger partial charge in [0.2, 0.25) is 0 Å². The minimum Gasteiger partial charge on any atom is -0.382 e. The molecule has 0 aliphatic carbocycles. The van der Waals surface area contributed by atoms with Crippen LogP contribution in [-0.2, 0) is 6.54 Å². The number of imidazole rings is 1. The van der Waals surface area contributed by atoms with E-state index < -0.39 is 0 Å². The van der Waals surface area contributed by atoms with Crippen molar-refractivity contribution < 1.29 is 0 Å². The second-order valence-corrected chi connectivity index (χ2v) is 5.06. The number of aryl methyl sites for hydroxylation is 1. The van der Waals surface area contributed by atoms with Gasteiger partial charge in [-0.05, 0) is 23.9 Å². The Morgan fingerprint density at radius 2 is 2.14 bits per heavy atom. The Balaban J connectivity index is 1.86. The minimum atomic E-state index is 0.425. The summed E-state index contributed by atoms with van der Waals surface area (Å²) in [6, 6.07) is 8.31. The van der Waals surface area contributed by atoms with Crippen molar-refractivity contribution in [1.29, 1.82) is 0 Å². The largest absolute Gasteiger partial charge is 0.382 e. The molecule has 0 aliphatic heterocycles. The van der Waals surface area contributed by atoms with Gasteiger partial charge in [-0.1, -0.05) is 18.2 Å². The molecule has 0 atom stereocenters. The maximum atomic E-state index is 5.90. The van der Waals surface area contributed by atoms with Crippen molar-refractivity contribution >= 4 is 27.9 Å². The van der Waals surface area contributed by atoms with E-state index in [-0.39, 0.29) is 0 Å². The third-order valence-electron chi connectivity index (χ3n) is 3.62. The fourth-order valence-electron chi connectivity index (χ4n) is 2.66. The van der Waals surface area contributed by atoms with Gasteiger partial charge in [0.05, 0.1) is 18.4 Å². The topological polar surface area (TPSA) is 85.4 Å². The predicted octanol–water partition coefficient (Wildman–Crippen LogP) is 2.25. The number of nitrogens with one attached hydrogen (secondary N) is 1. The third kappa shape index (κ3) is 1.84. The van der Waals surface area contributed by atoms with Gasteiger partial charge in [0.15, 0.2) is 11.5 Å². The normalized spacial score (nSPS) is 11.5. The van der Waals surface area contributed by atoms with Crippen molar-refractivity contribution in [2.45, 2.75) is 13.5 Å². The molecule has 0 amide bonds. The van der Waals surface area contributed by atoms with E-state index in [4.69, 9.17) is 5.73 Å². The van der Waals surface area contributed by atoms with Crippen molar-refractivity contribution in [3.05, 3.63) is 48.2 Å². The van der Waals surface area contributed by atoms with Crippen LogP contribution in [0.2, 0.25) is 0 Å². The smallest absolute Gasteiger partial charge is 0.166 e. The number of H-pyrrole nitrogens is 1. The molecule has 4 rings (SSSR count). The van der Waals surface area contributed by atoms with Crippen LogP contribution in [0.1, 0.15) is 11.4 Å². The van der Waals surface area contributed by atoms with Gasteiger partial charge in [-0.25, -0.2) is 15.0 Å². The van der Waals surface area contributed by atoms with Crippen molar-refractivity contribution in [3.8, 4) is 0 Å². The Labute approximate surface area is 120 Å². The molecule has 0 saturated heterocycles. The average molecular weight is 278 g/mol. The molecule has 0 saturated carbocycles. The highest BCUT2D eigenvalue weighted by molar-refractivity contribution is 5.84. The second-order valence-electron chi connectivity index (χ2n) is 5.06. The molecule has 104 valence electrons. The standard InChI is InChI=1S/C15H14N6/c1-9-19-14(16)13-15(20-9)21(8-18-13)7-11-4-2-3-10-5-6-17-12(10)11/h2-6,8,17H,7H2,1H3,(H2,16,19,20). The van der Waals surface area contributed by atoms with Gasteiger partial charge in [-0.15, -0.1) is 0 Å². The van der Waals surface area contributed by atoms with Gasteiger partial charge >= 0.3 is 0 Å². The molecule has 3 aromatic heterocycles. The van der Waals surface area contributed by atoms with Crippen LogP contribution in [0.4, 0.5) is 5.82 Å². The highest BCUT2D eigenvalue weighted by Crippen LogP contribution is 2.21. The maximum Gasteiger partial charge on any atom is 0.166 e. The molecule has 0 radical (unpaired) electrons. The SMILES string of the molecule is Cc1nc(N)c2ncn(Cc3cccc4cc[nH]c34)c2n1. The molecule has 3 heterocycles. The van der Waals surface area contributed by atoms with E-state index in [2.05, 4.69) is 44.2 Å². The van der Waals surface area contributed by atoms with Crippen LogP contribution in [0.25, 0.3) is 22.1 Å². The number of anilines is 1. The van der Waals surface area contributed by atoms with Gasteiger partial charge in [-0.2, -0.15) is 0 Å². The summed E-state index contributed by atoms with van der Waals surface area (Å²) in [5, 5.41) is 1.20. The van der Waals surface area contributed by atoms with Crippen LogP contribution >= 0.6 is 0 Å². The van der Waals surface area contributed by atoms with E-state index in [1.54, 1.807) is 6.33 Å². The molecular formula is C15H14N6. The van der Waals surface area contributed by atoms with Crippen LogP contribution in [0.15, 0.2) is 36.8 Å². The van der Waals surface area contributed by atoms with Gasteiger partial charge in [0.1, 0.15) is 11.3 Å². The number of hydrogen-bond acceptors (Lipinski definition) is 4. The Morgan fingerprint density at radius 1 is 1.24 bits per heavy atom. The average Bonchev–Trinajstić information content (AvgIpc) is 3.07. The van der Waals surface area contributed by atoms with Crippen LogP contribution < -0.4 is 5.73 Å². The molecular weight excluding hydrogens is 264 g/mol. The number of nitrogens with two attached hydrogens (primary N) is 1. The van der Waals surface area contributed by atoms with Crippen LogP contribution in [0.3, 0.4) is 0 Å². The Hall–Kier alpha value is -2.89. The molecule has 0 unspecified atom stereocenters. The quantitative estimate of drug-likeness (QED) is 0.589. The fourth-order valence-corrected chi connectivity index (χ4v) is 2.66. The Bertz CT molecular complexity index is 949. The molecule has 4 aromatic rings. The third-order valence-corrected chi connectivity index (χ3v) is 3.62. The lowest BCUT2D eigenvalue weighted by atomic mass is 10.1. The maximum absolute atomic E-state index is 5.90. The molecule has 1 aromatic carbocycles. The summed E-state index contributed by atoms with van der Waals surface area (Å²) in [6.45, 7) is 2.52. The number of hydrogen-bond donors (Lipinski definition) is 2. The zero-order valence-corrected chi connectivity index (χ0v) is 11.5. The molecule has 21 heavy (non-hydrogen) atoms. The molecule has 0 aliphatic rings. The highest BCUT2D eigenvalue weighted by Gasteiger charge is 2.11. The summed E-state index contributed by atoms with van der Waals surface area (Å²) >= 11 is 0. The lowest BCUT2D eigenvalue weighted by molar-refractivity contribution is 0.814. The predicted molar refractivity (Wildman–Crippen MR) is 81.9 cm³/mol. The number of aromatic amines is 1. The Kier molecular flexibility index (Phi) is 2.44. The summed E-state index contributed by atoms with van der Waals surface area (Å²) in [6.07, 6.45) is 3.71. The Morgan fingerprint density at radius 3 is 3.05 bits per heavy atom. The lowest BCUT2D eigenvalue weighted by Gasteiger charge is -2.06. The molecule has 6 nitrogen and oxygen atoms in total. The molecule has 0 bridgehead atoms.